The molecule has 1 atom stereocenters. The zero-order valence-corrected chi connectivity index (χ0v) is 12.4. The maximum Gasteiger partial charge on any atom is 0.300 e. The summed E-state index contributed by atoms with van der Waals surface area (Å²) in [5.41, 5.74) is -0.180. The van der Waals surface area contributed by atoms with E-state index in [0.29, 0.717) is 12.4 Å². The van der Waals surface area contributed by atoms with Crippen LogP contribution in [0.25, 0.3) is 0 Å². The van der Waals surface area contributed by atoms with Gasteiger partial charge in [0.15, 0.2) is 0 Å². The molecule has 0 spiro atoms. The van der Waals surface area contributed by atoms with Crippen LogP contribution in [0.5, 0.6) is 0 Å². The number of nitro groups is 1. The van der Waals surface area contributed by atoms with Crippen molar-refractivity contribution in [2.24, 2.45) is 0 Å². The Bertz CT molecular complexity index is 563. The Balaban J connectivity index is 2.35. The highest BCUT2D eigenvalue weighted by Crippen LogP contribution is 2.23. The molecule has 1 aliphatic heterocycles. The maximum absolute atomic E-state index is 12.7. The van der Waals surface area contributed by atoms with E-state index in [9.17, 15) is 14.9 Å². The topological polar surface area (TPSA) is 91.6 Å². The van der Waals surface area contributed by atoms with E-state index in [4.69, 9.17) is 0 Å². The minimum Gasteiger partial charge on any atom is -0.373 e. The number of pyridine rings is 1. The van der Waals surface area contributed by atoms with E-state index in [1.165, 1.54) is 6.07 Å². The van der Waals surface area contributed by atoms with Gasteiger partial charge in [-0.05, 0) is 14.0 Å². The van der Waals surface area contributed by atoms with Crippen LogP contribution < -0.4 is 5.32 Å². The molecule has 2 heterocycles. The first kappa shape index (κ1) is 15.2. The molecule has 0 radical (unpaired) electrons. The second kappa shape index (κ2) is 6.04. The molecule has 1 N–H and O–H groups in total. The lowest BCUT2D eigenvalue weighted by Gasteiger charge is -2.38. The Hall–Kier alpha value is -2.22. The predicted octanol–water partition coefficient (Wildman–Crippen LogP) is 0.808. The fraction of sp³-hybridized carbons (Fsp3) is 0.538. The molecule has 1 unspecified atom stereocenters. The molecule has 0 aliphatic carbocycles. The van der Waals surface area contributed by atoms with E-state index in [1.54, 1.807) is 11.9 Å². The first-order valence-electron chi connectivity index (χ1n) is 6.75. The quantitative estimate of drug-likeness (QED) is 0.655. The Morgan fingerprint density at radius 1 is 1.52 bits per heavy atom. The zero-order valence-electron chi connectivity index (χ0n) is 12.4. The van der Waals surface area contributed by atoms with Gasteiger partial charge in [-0.3, -0.25) is 14.9 Å². The van der Waals surface area contributed by atoms with E-state index in [2.05, 4.69) is 15.2 Å². The van der Waals surface area contributed by atoms with Gasteiger partial charge in [-0.1, -0.05) is 0 Å². The van der Waals surface area contributed by atoms with E-state index < -0.39 is 4.92 Å². The zero-order chi connectivity index (χ0) is 15.6. The average Bonchev–Trinajstić information content (AvgIpc) is 2.45. The molecule has 1 saturated heterocycles. The van der Waals surface area contributed by atoms with Gasteiger partial charge in [0, 0.05) is 38.8 Å². The van der Waals surface area contributed by atoms with Crippen molar-refractivity contribution in [2.45, 2.75) is 13.0 Å². The molecule has 21 heavy (non-hydrogen) atoms. The number of amides is 1. The molecule has 1 aromatic heterocycles. The van der Waals surface area contributed by atoms with Crippen LogP contribution in [0.1, 0.15) is 17.3 Å². The highest BCUT2D eigenvalue weighted by atomic mass is 16.6. The summed E-state index contributed by atoms with van der Waals surface area (Å²) in [6.07, 6.45) is 1.12. The summed E-state index contributed by atoms with van der Waals surface area (Å²) in [6, 6.07) is 1.45. The van der Waals surface area contributed by atoms with Crippen LogP contribution in [-0.4, -0.2) is 65.4 Å². The van der Waals surface area contributed by atoms with Crippen LogP contribution in [0.15, 0.2) is 12.3 Å². The number of hydrogen-bond acceptors (Lipinski definition) is 6. The Kier molecular flexibility index (Phi) is 4.37. The summed E-state index contributed by atoms with van der Waals surface area (Å²) in [5, 5.41) is 13.9. The molecule has 0 saturated carbocycles. The van der Waals surface area contributed by atoms with Crippen LogP contribution in [0.2, 0.25) is 0 Å². The van der Waals surface area contributed by atoms with Gasteiger partial charge >= 0.3 is 0 Å². The SMILES string of the molecule is CNc1cc(C(=O)N2CCN(C)CC2C)c([N+](=O)[O-])cn1. The maximum atomic E-state index is 12.7. The van der Waals surface area contributed by atoms with E-state index in [0.717, 1.165) is 19.3 Å². The number of hydrogen-bond donors (Lipinski definition) is 1. The van der Waals surface area contributed by atoms with Crippen molar-refractivity contribution in [1.82, 2.24) is 14.8 Å². The van der Waals surface area contributed by atoms with Crippen molar-refractivity contribution < 1.29 is 9.72 Å². The summed E-state index contributed by atoms with van der Waals surface area (Å²) in [7, 11) is 3.65. The van der Waals surface area contributed by atoms with Gasteiger partial charge in [0.2, 0.25) is 0 Å². The minimum absolute atomic E-state index is 0.0158. The Labute approximate surface area is 122 Å². The number of carbonyl (C=O) groups excluding carboxylic acids is 1. The van der Waals surface area contributed by atoms with Crippen LogP contribution in [0, 0.1) is 10.1 Å². The molecule has 8 heteroatoms. The van der Waals surface area contributed by atoms with Gasteiger partial charge in [0.1, 0.15) is 17.6 Å². The Morgan fingerprint density at radius 3 is 2.81 bits per heavy atom. The van der Waals surface area contributed by atoms with Crippen molar-refractivity contribution >= 4 is 17.4 Å². The summed E-state index contributed by atoms with van der Waals surface area (Å²) in [4.78, 5) is 30.9. The summed E-state index contributed by atoms with van der Waals surface area (Å²) < 4.78 is 0. The van der Waals surface area contributed by atoms with Gasteiger partial charge in [-0.15, -0.1) is 0 Å². The molecule has 1 aliphatic rings. The minimum atomic E-state index is -0.569. The first-order chi connectivity index (χ1) is 9.93. The molecule has 1 aromatic rings. The van der Waals surface area contributed by atoms with Crippen LogP contribution in [-0.2, 0) is 0 Å². The number of anilines is 1. The van der Waals surface area contributed by atoms with Gasteiger partial charge in [-0.2, -0.15) is 0 Å². The van der Waals surface area contributed by atoms with E-state index in [1.807, 2.05) is 14.0 Å². The molecular formula is C13H19N5O3. The third-order valence-electron chi connectivity index (χ3n) is 3.66. The van der Waals surface area contributed by atoms with Crippen LogP contribution in [0.4, 0.5) is 11.5 Å². The second-order valence-corrected chi connectivity index (χ2v) is 5.20. The normalized spacial score (nSPS) is 19.4. The van der Waals surface area contributed by atoms with E-state index >= 15 is 0 Å². The lowest BCUT2D eigenvalue weighted by Crippen LogP contribution is -2.52. The van der Waals surface area contributed by atoms with Crippen molar-refractivity contribution in [3.05, 3.63) is 27.9 Å². The summed E-state index contributed by atoms with van der Waals surface area (Å²) in [6.45, 7) is 4.02. The largest absolute Gasteiger partial charge is 0.373 e. The fourth-order valence-corrected chi connectivity index (χ4v) is 2.50. The smallest absolute Gasteiger partial charge is 0.300 e. The van der Waals surface area contributed by atoms with Gasteiger partial charge in [-0.25, -0.2) is 4.98 Å². The highest BCUT2D eigenvalue weighted by Gasteiger charge is 2.31. The van der Waals surface area contributed by atoms with Crippen LogP contribution >= 0.6 is 0 Å². The summed E-state index contributed by atoms with van der Waals surface area (Å²) in [5.74, 6) is 0.118. The number of aromatic nitrogens is 1. The standard InChI is InChI=1S/C13H19N5O3/c1-9-8-16(3)4-5-17(9)13(19)10-6-12(14-2)15-7-11(10)18(20)21/h6-7,9H,4-5,8H2,1-3H3,(H,14,15). The number of piperazine rings is 1. The highest BCUT2D eigenvalue weighted by molar-refractivity contribution is 5.99. The number of rotatable bonds is 3. The van der Waals surface area contributed by atoms with Crippen molar-refractivity contribution in [2.75, 3.05) is 39.0 Å². The summed E-state index contributed by atoms with van der Waals surface area (Å²) >= 11 is 0. The first-order valence-corrected chi connectivity index (χ1v) is 6.75. The lowest BCUT2D eigenvalue weighted by atomic mass is 10.1. The number of likely N-dealkylation sites (N-methyl/N-ethyl adjacent to an activating group) is 1. The molecule has 0 aromatic carbocycles. The van der Waals surface area contributed by atoms with Crippen molar-refractivity contribution in [1.29, 1.82) is 0 Å². The predicted molar refractivity (Wildman–Crippen MR) is 78.4 cm³/mol. The van der Waals surface area contributed by atoms with Gasteiger partial charge in [0.25, 0.3) is 11.6 Å². The third-order valence-corrected chi connectivity index (χ3v) is 3.66. The van der Waals surface area contributed by atoms with E-state index in [-0.39, 0.29) is 23.2 Å². The van der Waals surface area contributed by atoms with Gasteiger partial charge in [0.05, 0.1) is 4.92 Å². The second-order valence-electron chi connectivity index (χ2n) is 5.20. The third kappa shape index (κ3) is 3.10. The van der Waals surface area contributed by atoms with Crippen molar-refractivity contribution in [3.63, 3.8) is 0 Å². The monoisotopic (exact) mass is 293 g/mol. The molecular weight excluding hydrogens is 274 g/mol. The molecule has 2 rings (SSSR count). The molecule has 1 amide bonds. The van der Waals surface area contributed by atoms with Crippen molar-refractivity contribution in [3.8, 4) is 0 Å². The Morgan fingerprint density at radius 2 is 2.24 bits per heavy atom. The van der Waals surface area contributed by atoms with Crippen LogP contribution in [0.3, 0.4) is 0 Å². The average molecular weight is 293 g/mol. The molecule has 114 valence electrons. The molecule has 0 bridgehead atoms. The van der Waals surface area contributed by atoms with Gasteiger partial charge < -0.3 is 15.1 Å². The number of nitrogens with zero attached hydrogens (tertiary/aromatic N) is 4. The molecule has 8 nitrogen and oxygen atoms in total. The lowest BCUT2D eigenvalue weighted by molar-refractivity contribution is -0.385. The molecule has 1 fully saturated rings. The fourth-order valence-electron chi connectivity index (χ4n) is 2.50. The number of nitrogens with one attached hydrogen (secondary N) is 1. The number of carbonyl (C=O) groups is 1.